The maximum atomic E-state index is 11.3. The van der Waals surface area contributed by atoms with Crippen molar-refractivity contribution in [2.75, 3.05) is 6.61 Å². The third-order valence-corrected chi connectivity index (χ3v) is 4.51. The van der Waals surface area contributed by atoms with E-state index in [0.29, 0.717) is 17.9 Å². The first kappa shape index (κ1) is 15.3. The van der Waals surface area contributed by atoms with Gasteiger partial charge in [-0.15, -0.1) is 0 Å². The second-order valence-corrected chi connectivity index (χ2v) is 7.35. The van der Waals surface area contributed by atoms with Crippen molar-refractivity contribution in [3.63, 3.8) is 0 Å². The second kappa shape index (κ2) is 5.35. The number of hydrogen-bond acceptors (Lipinski definition) is 4. The minimum Gasteiger partial charge on any atom is -0.491 e. The summed E-state index contributed by atoms with van der Waals surface area (Å²) in [5.74, 6) is 0.628. The number of ether oxygens (including phenoxy) is 2. The first-order valence-corrected chi connectivity index (χ1v) is 8.16. The summed E-state index contributed by atoms with van der Waals surface area (Å²) in [5, 5.41) is 5.12. The van der Waals surface area contributed by atoms with E-state index in [2.05, 4.69) is 13.8 Å². The Balaban J connectivity index is 2.00. The van der Waals surface area contributed by atoms with Crippen molar-refractivity contribution in [1.82, 2.24) is 0 Å². The zero-order valence-electron chi connectivity index (χ0n) is 12.0. The van der Waals surface area contributed by atoms with E-state index in [1.165, 1.54) is 6.07 Å². The molecule has 1 atom stereocenters. The van der Waals surface area contributed by atoms with Gasteiger partial charge in [-0.3, -0.25) is 0 Å². The topological polar surface area (TPSA) is 78.6 Å². The zero-order chi connectivity index (χ0) is 15.0. The molecule has 2 N–H and O–H groups in total. The molecule has 1 unspecified atom stereocenters. The predicted octanol–water partition coefficient (Wildman–Crippen LogP) is 1.98. The number of nitrogens with two attached hydrogens (primary N) is 1. The van der Waals surface area contributed by atoms with Crippen molar-refractivity contribution >= 4 is 10.0 Å². The summed E-state index contributed by atoms with van der Waals surface area (Å²) in [6, 6.07) is 4.77. The molecule has 0 aromatic heterocycles. The number of benzene rings is 1. The molecule has 1 heterocycles. The smallest absolute Gasteiger partial charge is 0.238 e. The molecular formula is C14H21NO4S. The third-order valence-electron chi connectivity index (χ3n) is 3.44. The lowest BCUT2D eigenvalue weighted by Crippen LogP contribution is -2.24. The van der Waals surface area contributed by atoms with Gasteiger partial charge in [0.25, 0.3) is 0 Å². The van der Waals surface area contributed by atoms with Gasteiger partial charge in [0.05, 0.1) is 16.6 Å². The first-order valence-electron chi connectivity index (χ1n) is 6.61. The molecule has 1 saturated heterocycles. The highest BCUT2D eigenvalue weighted by atomic mass is 32.2. The maximum Gasteiger partial charge on any atom is 0.238 e. The Morgan fingerprint density at radius 1 is 1.45 bits per heavy atom. The summed E-state index contributed by atoms with van der Waals surface area (Å²) >= 11 is 0. The van der Waals surface area contributed by atoms with Gasteiger partial charge in [0, 0.05) is 0 Å². The van der Waals surface area contributed by atoms with Gasteiger partial charge in [-0.25, -0.2) is 13.6 Å². The lowest BCUT2D eigenvalue weighted by molar-refractivity contribution is -0.0326. The molecule has 5 nitrogen and oxygen atoms in total. The van der Waals surface area contributed by atoms with Crippen LogP contribution in [0.4, 0.5) is 0 Å². The summed E-state index contributed by atoms with van der Waals surface area (Å²) in [5.41, 5.74) is 0.499. The number of rotatable bonds is 4. The normalized spacial score (nSPS) is 21.9. The summed E-state index contributed by atoms with van der Waals surface area (Å²) in [7, 11) is -3.68. The summed E-state index contributed by atoms with van der Waals surface area (Å²) < 4.78 is 34.1. The zero-order valence-corrected chi connectivity index (χ0v) is 12.9. The minimum absolute atomic E-state index is 0.0819. The lowest BCUT2D eigenvalue weighted by Gasteiger charge is -2.19. The monoisotopic (exact) mass is 299 g/mol. The molecule has 1 aromatic rings. The molecule has 0 aliphatic carbocycles. The van der Waals surface area contributed by atoms with E-state index in [-0.39, 0.29) is 16.6 Å². The van der Waals surface area contributed by atoms with E-state index >= 15 is 0 Å². The largest absolute Gasteiger partial charge is 0.491 e. The molecule has 1 aliphatic rings. The van der Waals surface area contributed by atoms with Gasteiger partial charge in [-0.2, -0.15) is 0 Å². The molecule has 2 rings (SSSR count). The lowest BCUT2D eigenvalue weighted by atomic mass is 10.1. The van der Waals surface area contributed by atoms with Crippen molar-refractivity contribution in [3.8, 4) is 5.75 Å². The van der Waals surface area contributed by atoms with Crippen LogP contribution in [0.5, 0.6) is 5.75 Å². The van der Waals surface area contributed by atoms with E-state index < -0.39 is 10.0 Å². The van der Waals surface area contributed by atoms with Crippen molar-refractivity contribution in [3.05, 3.63) is 23.8 Å². The Morgan fingerprint density at radius 2 is 2.15 bits per heavy atom. The highest BCUT2D eigenvalue weighted by molar-refractivity contribution is 7.89. The highest BCUT2D eigenvalue weighted by Gasteiger charge is 2.31. The molecular weight excluding hydrogens is 278 g/mol. The van der Waals surface area contributed by atoms with Crippen LogP contribution < -0.4 is 9.88 Å². The van der Waals surface area contributed by atoms with Crippen LogP contribution in [-0.2, 0) is 14.8 Å². The third kappa shape index (κ3) is 3.71. The van der Waals surface area contributed by atoms with Crippen LogP contribution in [0.3, 0.4) is 0 Å². The van der Waals surface area contributed by atoms with Gasteiger partial charge < -0.3 is 9.47 Å². The van der Waals surface area contributed by atoms with Gasteiger partial charge in [-0.05, 0) is 57.4 Å². The van der Waals surface area contributed by atoms with Gasteiger partial charge in [0.1, 0.15) is 12.4 Å². The van der Waals surface area contributed by atoms with E-state index in [9.17, 15) is 8.42 Å². The highest BCUT2D eigenvalue weighted by Crippen LogP contribution is 2.30. The van der Waals surface area contributed by atoms with Crippen molar-refractivity contribution < 1.29 is 17.9 Å². The molecule has 1 aromatic carbocycles. The van der Waals surface area contributed by atoms with Crippen LogP contribution in [-0.4, -0.2) is 26.7 Å². The van der Waals surface area contributed by atoms with E-state index in [1.807, 2.05) is 0 Å². The Kier molecular flexibility index (Phi) is 4.09. The maximum absolute atomic E-state index is 11.3. The molecule has 112 valence electrons. The standard InChI is InChI=1S/C14H21NO4S/c1-10-8-11(4-5-13(10)20(15,16)17)18-9-12-6-7-14(2,3)19-12/h4-5,8,12H,6-7,9H2,1-3H3,(H2,15,16,17). The van der Waals surface area contributed by atoms with E-state index in [1.54, 1.807) is 19.1 Å². The SMILES string of the molecule is Cc1cc(OCC2CCC(C)(C)O2)ccc1S(N)(=O)=O. The minimum atomic E-state index is -3.68. The molecule has 20 heavy (non-hydrogen) atoms. The molecule has 0 spiro atoms. The Labute approximate surface area is 120 Å². The fourth-order valence-electron chi connectivity index (χ4n) is 2.42. The van der Waals surface area contributed by atoms with Crippen molar-refractivity contribution in [2.45, 2.75) is 50.2 Å². The van der Waals surface area contributed by atoms with E-state index in [0.717, 1.165) is 12.8 Å². The summed E-state index contributed by atoms with van der Waals surface area (Å²) in [6.45, 7) is 6.30. The molecule has 6 heteroatoms. The molecule has 0 radical (unpaired) electrons. The van der Waals surface area contributed by atoms with Crippen LogP contribution in [0.1, 0.15) is 32.3 Å². The van der Waals surface area contributed by atoms with Crippen LogP contribution >= 0.6 is 0 Å². The van der Waals surface area contributed by atoms with Gasteiger partial charge >= 0.3 is 0 Å². The summed E-state index contributed by atoms with van der Waals surface area (Å²) in [6.07, 6.45) is 2.08. The van der Waals surface area contributed by atoms with Crippen LogP contribution in [0.2, 0.25) is 0 Å². The molecule has 1 aliphatic heterocycles. The average molecular weight is 299 g/mol. The molecule has 1 fully saturated rings. The Morgan fingerprint density at radius 3 is 2.65 bits per heavy atom. The number of hydrogen-bond donors (Lipinski definition) is 1. The second-order valence-electron chi connectivity index (χ2n) is 5.82. The average Bonchev–Trinajstić information content (AvgIpc) is 2.65. The van der Waals surface area contributed by atoms with Crippen LogP contribution in [0.25, 0.3) is 0 Å². The van der Waals surface area contributed by atoms with Gasteiger partial charge in [-0.1, -0.05) is 0 Å². The predicted molar refractivity (Wildman–Crippen MR) is 76.2 cm³/mol. The van der Waals surface area contributed by atoms with Crippen LogP contribution in [0, 0.1) is 6.92 Å². The Bertz CT molecular complexity index is 595. The fourth-order valence-corrected chi connectivity index (χ4v) is 3.18. The van der Waals surface area contributed by atoms with Gasteiger partial charge in [0.2, 0.25) is 10.0 Å². The first-order chi connectivity index (χ1) is 9.17. The van der Waals surface area contributed by atoms with E-state index in [4.69, 9.17) is 14.6 Å². The van der Waals surface area contributed by atoms with Crippen molar-refractivity contribution in [1.29, 1.82) is 0 Å². The van der Waals surface area contributed by atoms with Crippen molar-refractivity contribution in [2.24, 2.45) is 5.14 Å². The summed E-state index contributed by atoms with van der Waals surface area (Å²) in [4.78, 5) is 0.128. The number of sulfonamides is 1. The Hall–Kier alpha value is -1.11. The molecule has 0 saturated carbocycles. The molecule has 0 amide bonds. The molecule has 0 bridgehead atoms. The van der Waals surface area contributed by atoms with Crippen LogP contribution in [0.15, 0.2) is 23.1 Å². The van der Waals surface area contributed by atoms with Gasteiger partial charge in [0.15, 0.2) is 0 Å². The number of primary sulfonamides is 1. The quantitative estimate of drug-likeness (QED) is 0.922. The number of aryl methyl sites for hydroxylation is 1. The fraction of sp³-hybridized carbons (Fsp3) is 0.571.